The predicted octanol–water partition coefficient (Wildman–Crippen LogP) is 1.88. The number of nitro groups is 1. The van der Waals surface area contributed by atoms with Crippen molar-refractivity contribution in [2.24, 2.45) is 0 Å². The third kappa shape index (κ3) is 3.27. The van der Waals surface area contributed by atoms with Gasteiger partial charge in [-0.2, -0.15) is 0 Å². The number of rotatable bonds is 7. The third-order valence-electron chi connectivity index (χ3n) is 2.62. The van der Waals surface area contributed by atoms with Crippen LogP contribution in [0.25, 0.3) is 0 Å². The SMILES string of the molecule is CCN(CCOC)c1ccc(C=O)cc1[N+](=O)[O-]. The molecular formula is C12H16N2O4. The first-order chi connectivity index (χ1) is 8.63. The molecule has 0 saturated carbocycles. The number of likely N-dealkylation sites (N-methyl/N-ethyl adjacent to an activating group) is 1. The molecule has 0 spiro atoms. The number of carbonyl (C=O) groups is 1. The maximum Gasteiger partial charge on any atom is 0.293 e. The quantitative estimate of drug-likeness (QED) is 0.421. The zero-order valence-electron chi connectivity index (χ0n) is 10.5. The summed E-state index contributed by atoms with van der Waals surface area (Å²) in [6.45, 7) is 3.59. The van der Waals surface area contributed by atoms with Gasteiger partial charge in [-0.15, -0.1) is 0 Å². The smallest absolute Gasteiger partial charge is 0.293 e. The average Bonchev–Trinajstić information content (AvgIpc) is 2.39. The predicted molar refractivity (Wildman–Crippen MR) is 68.2 cm³/mol. The minimum atomic E-state index is -0.474. The Balaban J connectivity index is 3.12. The number of aldehydes is 1. The first kappa shape index (κ1) is 14.1. The number of nitro benzene ring substituents is 1. The monoisotopic (exact) mass is 252 g/mol. The molecule has 18 heavy (non-hydrogen) atoms. The van der Waals surface area contributed by atoms with Crippen molar-refractivity contribution < 1.29 is 14.5 Å². The molecule has 6 nitrogen and oxygen atoms in total. The van der Waals surface area contributed by atoms with Gasteiger partial charge in [0.25, 0.3) is 5.69 Å². The van der Waals surface area contributed by atoms with Crippen molar-refractivity contribution in [3.63, 3.8) is 0 Å². The van der Waals surface area contributed by atoms with Crippen LogP contribution in [0.5, 0.6) is 0 Å². The van der Waals surface area contributed by atoms with Crippen molar-refractivity contribution in [1.82, 2.24) is 0 Å². The molecule has 0 aromatic heterocycles. The molecule has 6 heteroatoms. The first-order valence-electron chi connectivity index (χ1n) is 5.61. The van der Waals surface area contributed by atoms with Crippen LogP contribution in [0.4, 0.5) is 11.4 Å². The molecule has 0 aliphatic rings. The Kier molecular flexibility index (Phi) is 5.26. The summed E-state index contributed by atoms with van der Waals surface area (Å²) in [7, 11) is 1.58. The van der Waals surface area contributed by atoms with E-state index >= 15 is 0 Å². The first-order valence-corrected chi connectivity index (χ1v) is 5.61. The lowest BCUT2D eigenvalue weighted by Crippen LogP contribution is -2.27. The molecule has 0 atom stereocenters. The Morgan fingerprint density at radius 3 is 2.72 bits per heavy atom. The zero-order chi connectivity index (χ0) is 13.5. The summed E-state index contributed by atoms with van der Waals surface area (Å²) in [6, 6.07) is 4.46. The van der Waals surface area contributed by atoms with Crippen LogP contribution in [-0.2, 0) is 4.74 Å². The van der Waals surface area contributed by atoms with E-state index < -0.39 is 4.92 Å². The minimum Gasteiger partial charge on any atom is -0.383 e. The number of hydrogen-bond donors (Lipinski definition) is 0. The van der Waals surface area contributed by atoms with Crippen molar-refractivity contribution in [2.45, 2.75) is 6.92 Å². The van der Waals surface area contributed by atoms with E-state index in [4.69, 9.17) is 4.74 Å². The Hall–Kier alpha value is -1.95. The van der Waals surface area contributed by atoms with E-state index in [-0.39, 0.29) is 5.69 Å². The molecule has 0 heterocycles. The summed E-state index contributed by atoms with van der Waals surface area (Å²) >= 11 is 0. The second-order valence-corrected chi connectivity index (χ2v) is 3.70. The summed E-state index contributed by atoms with van der Waals surface area (Å²) in [5, 5.41) is 11.0. The number of nitrogens with zero attached hydrogens (tertiary/aromatic N) is 2. The molecule has 0 unspecified atom stereocenters. The van der Waals surface area contributed by atoms with Gasteiger partial charge in [-0.1, -0.05) is 0 Å². The average molecular weight is 252 g/mol. The summed E-state index contributed by atoms with van der Waals surface area (Å²) in [5.74, 6) is 0. The van der Waals surface area contributed by atoms with Crippen molar-refractivity contribution in [3.8, 4) is 0 Å². The highest BCUT2D eigenvalue weighted by Crippen LogP contribution is 2.28. The lowest BCUT2D eigenvalue weighted by Gasteiger charge is -2.22. The van der Waals surface area contributed by atoms with Crippen LogP contribution in [0.3, 0.4) is 0 Å². The van der Waals surface area contributed by atoms with Crippen LogP contribution in [0, 0.1) is 10.1 Å². The van der Waals surface area contributed by atoms with Crippen LogP contribution in [-0.4, -0.2) is 38.0 Å². The van der Waals surface area contributed by atoms with Crippen LogP contribution >= 0.6 is 0 Å². The van der Waals surface area contributed by atoms with Gasteiger partial charge in [-0.3, -0.25) is 14.9 Å². The molecule has 0 amide bonds. The maximum atomic E-state index is 11.0. The molecule has 1 rings (SSSR count). The highest BCUT2D eigenvalue weighted by Gasteiger charge is 2.18. The van der Waals surface area contributed by atoms with Crippen LogP contribution in [0.15, 0.2) is 18.2 Å². The number of benzene rings is 1. The fraction of sp³-hybridized carbons (Fsp3) is 0.417. The van der Waals surface area contributed by atoms with Crippen molar-refractivity contribution >= 4 is 17.7 Å². The Bertz CT molecular complexity index is 434. The lowest BCUT2D eigenvalue weighted by atomic mass is 10.1. The largest absolute Gasteiger partial charge is 0.383 e. The second kappa shape index (κ2) is 6.70. The Morgan fingerprint density at radius 1 is 1.50 bits per heavy atom. The van der Waals surface area contributed by atoms with Crippen molar-refractivity contribution in [2.75, 3.05) is 31.7 Å². The van der Waals surface area contributed by atoms with Crippen molar-refractivity contribution in [1.29, 1.82) is 0 Å². The van der Waals surface area contributed by atoms with Gasteiger partial charge in [0.05, 0.1) is 11.5 Å². The molecule has 0 fully saturated rings. The van der Waals surface area contributed by atoms with Gasteiger partial charge in [0.1, 0.15) is 12.0 Å². The molecule has 98 valence electrons. The Labute approximate surface area is 105 Å². The van der Waals surface area contributed by atoms with E-state index in [1.165, 1.54) is 6.07 Å². The molecule has 0 bridgehead atoms. The zero-order valence-corrected chi connectivity index (χ0v) is 10.5. The van der Waals surface area contributed by atoms with Crippen LogP contribution in [0.2, 0.25) is 0 Å². The second-order valence-electron chi connectivity index (χ2n) is 3.70. The number of methoxy groups -OCH3 is 1. The van der Waals surface area contributed by atoms with E-state index in [2.05, 4.69) is 0 Å². The van der Waals surface area contributed by atoms with Crippen molar-refractivity contribution in [3.05, 3.63) is 33.9 Å². The van der Waals surface area contributed by atoms with E-state index in [1.807, 2.05) is 11.8 Å². The summed E-state index contributed by atoms with van der Waals surface area (Å²) in [4.78, 5) is 23.0. The lowest BCUT2D eigenvalue weighted by molar-refractivity contribution is -0.384. The van der Waals surface area contributed by atoms with E-state index in [0.29, 0.717) is 37.2 Å². The number of hydrogen-bond acceptors (Lipinski definition) is 5. The molecule has 1 aromatic rings. The van der Waals surface area contributed by atoms with E-state index in [9.17, 15) is 14.9 Å². The van der Waals surface area contributed by atoms with Gasteiger partial charge >= 0.3 is 0 Å². The van der Waals surface area contributed by atoms with Crippen LogP contribution in [0.1, 0.15) is 17.3 Å². The standard InChI is InChI=1S/C12H16N2O4/c1-3-13(6-7-18-2)11-5-4-10(9-15)8-12(11)14(16)17/h4-5,8-9H,3,6-7H2,1-2H3. The molecular weight excluding hydrogens is 236 g/mol. The molecule has 1 aromatic carbocycles. The summed E-state index contributed by atoms with van der Waals surface area (Å²) in [6.07, 6.45) is 0.599. The third-order valence-corrected chi connectivity index (χ3v) is 2.62. The summed E-state index contributed by atoms with van der Waals surface area (Å²) in [5.41, 5.74) is 0.746. The molecule has 0 saturated heterocycles. The normalized spacial score (nSPS) is 10.1. The molecule has 0 radical (unpaired) electrons. The molecule has 0 aliphatic heterocycles. The highest BCUT2D eigenvalue weighted by molar-refractivity contribution is 5.79. The van der Waals surface area contributed by atoms with Gasteiger partial charge in [0.15, 0.2) is 0 Å². The van der Waals surface area contributed by atoms with Gasteiger partial charge in [0.2, 0.25) is 0 Å². The van der Waals surface area contributed by atoms with E-state index in [0.717, 1.165) is 0 Å². The topological polar surface area (TPSA) is 72.7 Å². The van der Waals surface area contributed by atoms with E-state index in [1.54, 1.807) is 19.2 Å². The molecule has 0 aliphatic carbocycles. The maximum absolute atomic E-state index is 11.0. The van der Waals surface area contributed by atoms with Gasteiger partial charge in [-0.05, 0) is 19.1 Å². The number of ether oxygens (including phenoxy) is 1. The van der Waals surface area contributed by atoms with Crippen LogP contribution < -0.4 is 4.90 Å². The Morgan fingerprint density at radius 2 is 2.22 bits per heavy atom. The van der Waals surface area contributed by atoms with Gasteiger partial charge < -0.3 is 9.64 Å². The number of carbonyl (C=O) groups excluding carboxylic acids is 1. The fourth-order valence-corrected chi connectivity index (χ4v) is 1.68. The minimum absolute atomic E-state index is 0.0578. The molecule has 0 N–H and O–H groups in total. The number of anilines is 1. The highest BCUT2D eigenvalue weighted by atomic mass is 16.6. The summed E-state index contributed by atoms with van der Waals surface area (Å²) < 4.78 is 4.97. The van der Waals surface area contributed by atoms with Gasteiger partial charge in [0, 0.05) is 31.8 Å². The van der Waals surface area contributed by atoms with Gasteiger partial charge in [-0.25, -0.2) is 0 Å². The fourth-order valence-electron chi connectivity index (χ4n) is 1.68.